The van der Waals surface area contributed by atoms with E-state index in [0.717, 1.165) is 17.8 Å². The Morgan fingerprint density at radius 2 is 2.12 bits per heavy atom. The van der Waals surface area contributed by atoms with Crippen LogP contribution in [-0.2, 0) is 6.54 Å². The number of carbonyl (C=O) groups excluding carboxylic acids is 1. The van der Waals surface area contributed by atoms with Gasteiger partial charge < -0.3 is 4.57 Å². The molecule has 1 heterocycles. The number of aryl methyl sites for hydroxylation is 1. The minimum Gasteiger partial charge on any atom is -0.348 e. The van der Waals surface area contributed by atoms with Crippen LogP contribution >= 0.6 is 11.6 Å². The lowest BCUT2D eigenvalue weighted by Gasteiger charge is -2.39. The average Bonchev–Trinajstić information content (AvgIpc) is 2.53. The van der Waals surface area contributed by atoms with E-state index in [-0.39, 0.29) is 11.7 Å². The fourth-order valence-electron chi connectivity index (χ4n) is 2.72. The first-order valence-electron chi connectivity index (χ1n) is 6.23. The van der Waals surface area contributed by atoms with Crippen molar-refractivity contribution < 1.29 is 4.79 Å². The number of hydrogen-bond acceptors (Lipinski definition) is 1. The van der Waals surface area contributed by atoms with Gasteiger partial charge in [-0.2, -0.15) is 0 Å². The average molecular weight is 254 g/mol. The maximum absolute atomic E-state index is 11.7. The van der Waals surface area contributed by atoms with Gasteiger partial charge in [0.05, 0.1) is 5.88 Å². The fraction of sp³-hybridized carbons (Fsp3) is 0.643. The molecule has 2 nitrogen and oxygen atoms in total. The van der Waals surface area contributed by atoms with Crippen molar-refractivity contribution in [3.05, 3.63) is 23.0 Å². The summed E-state index contributed by atoms with van der Waals surface area (Å²) < 4.78 is 2.28. The quantitative estimate of drug-likeness (QED) is 0.592. The van der Waals surface area contributed by atoms with Crippen molar-refractivity contribution in [2.75, 3.05) is 5.88 Å². The van der Waals surface area contributed by atoms with Crippen LogP contribution in [0.15, 0.2) is 6.07 Å². The molecule has 0 N–H and O–H groups in total. The number of alkyl halides is 1. The van der Waals surface area contributed by atoms with E-state index in [0.29, 0.717) is 5.41 Å². The monoisotopic (exact) mass is 253 g/mol. The molecular formula is C14H20ClNO. The van der Waals surface area contributed by atoms with Crippen LogP contribution < -0.4 is 0 Å². The Hall–Kier alpha value is -0.760. The zero-order valence-electron chi connectivity index (χ0n) is 10.8. The summed E-state index contributed by atoms with van der Waals surface area (Å²) in [5.41, 5.74) is 3.46. The normalized spacial score (nSPS) is 17.9. The molecule has 1 aromatic heterocycles. The Labute approximate surface area is 108 Å². The summed E-state index contributed by atoms with van der Waals surface area (Å²) in [5, 5.41) is 0. The SMILES string of the molecule is Cc1cc(C(=O)CCl)c(C)n1CC1(C)CCC1. The van der Waals surface area contributed by atoms with E-state index in [1.807, 2.05) is 13.0 Å². The third-order valence-corrected chi connectivity index (χ3v) is 4.34. The molecule has 1 saturated carbocycles. The number of nitrogens with zero attached hydrogens (tertiary/aromatic N) is 1. The van der Waals surface area contributed by atoms with Gasteiger partial charge >= 0.3 is 0 Å². The van der Waals surface area contributed by atoms with Crippen molar-refractivity contribution in [2.45, 2.75) is 46.6 Å². The molecule has 0 saturated heterocycles. The van der Waals surface area contributed by atoms with Crippen LogP contribution in [0.1, 0.15) is 47.9 Å². The van der Waals surface area contributed by atoms with Gasteiger partial charge in [0.2, 0.25) is 0 Å². The van der Waals surface area contributed by atoms with E-state index < -0.39 is 0 Å². The van der Waals surface area contributed by atoms with Gasteiger partial charge in [-0.05, 0) is 38.2 Å². The molecule has 0 amide bonds. The first-order chi connectivity index (χ1) is 7.97. The molecule has 0 aromatic carbocycles. The van der Waals surface area contributed by atoms with Crippen molar-refractivity contribution in [3.63, 3.8) is 0 Å². The second-order valence-electron chi connectivity index (χ2n) is 5.59. The molecule has 1 aromatic rings. The Morgan fingerprint density at radius 3 is 2.59 bits per heavy atom. The first kappa shape index (κ1) is 12.7. The first-order valence-corrected chi connectivity index (χ1v) is 6.76. The summed E-state index contributed by atoms with van der Waals surface area (Å²) in [5.74, 6) is 0.103. The maximum atomic E-state index is 11.7. The van der Waals surface area contributed by atoms with E-state index in [2.05, 4.69) is 18.4 Å². The summed E-state index contributed by atoms with van der Waals surface area (Å²) in [4.78, 5) is 11.7. The molecule has 2 rings (SSSR count). The third kappa shape index (κ3) is 2.28. The molecule has 3 heteroatoms. The maximum Gasteiger partial charge on any atom is 0.179 e. The Bertz CT molecular complexity index is 443. The number of aromatic nitrogens is 1. The Balaban J connectivity index is 2.28. The summed E-state index contributed by atoms with van der Waals surface area (Å²) in [6, 6.07) is 1.97. The van der Waals surface area contributed by atoms with Crippen LogP contribution in [0, 0.1) is 19.3 Å². The van der Waals surface area contributed by atoms with Gasteiger partial charge in [-0.3, -0.25) is 4.79 Å². The highest BCUT2D eigenvalue weighted by Gasteiger charge is 2.33. The molecule has 0 aliphatic heterocycles. The van der Waals surface area contributed by atoms with Crippen molar-refractivity contribution in [3.8, 4) is 0 Å². The smallest absolute Gasteiger partial charge is 0.179 e. The second-order valence-corrected chi connectivity index (χ2v) is 5.86. The Morgan fingerprint density at radius 1 is 1.47 bits per heavy atom. The highest BCUT2D eigenvalue weighted by Crippen LogP contribution is 2.42. The highest BCUT2D eigenvalue weighted by molar-refractivity contribution is 6.30. The minimum atomic E-state index is 0.0322. The van der Waals surface area contributed by atoms with Gasteiger partial charge in [0, 0.05) is 23.5 Å². The lowest BCUT2D eigenvalue weighted by molar-refractivity contribution is 0.101. The van der Waals surface area contributed by atoms with Crippen molar-refractivity contribution in [1.82, 2.24) is 4.57 Å². The second kappa shape index (κ2) is 4.49. The molecule has 1 fully saturated rings. The number of ketones is 1. The van der Waals surface area contributed by atoms with Crippen molar-refractivity contribution in [2.24, 2.45) is 5.41 Å². The molecule has 17 heavy (non-hydrogen) atoms. The van der Waals surface area contributed by atoms with Gasteiger partial charge in [-0.1, -0.05) is 13.3 Å². The summed E-state index contributed by atoms with van der Waals surface area (Å²) in [6.07, 6.45) is 3.93. The zero-order chi connectivity index (χ0) is 12.6. The molecule has 0 atom stereocenters. The highest BCUT2D eigenvalue weighted by atomic mass is 35.5. The fourth-order valence-corrected chi connectivity index (χ4v) is 2.86. The number of carbonyl (C=O) groups is 1. The van der Waals surface area contributed by atoms with Crippen LogP contribution in [-0.4, -0.2) is 16.2 Å². The number of halogens is 1. The van der Waals surface area contributed by atoms with Gasteiger partial charge in [-0.15, -0.1) is 11.6 Å². The number of hydrogen-bond donors (Lipinski definition) is 0. The van der Waals surface area contributed by atoms with E-state index in [1.54, 1.807) is 0 Å². The summed E-state index contributed by atoms with van der Waals surface area (Å²) >= 11 is 5.63. The number of Topliss-reactive ketones (excluding diaryl/α,β-unsaturated/α-hetero) is 1. The van der Waals surface area contributed by atoms with E-state index in [1.165, 1.54) is 25.0 Å². The molecular weight excluding hydrogens is 234 g/mol. The third-order valence-electron chi connectivity index (χ3n) is 4.10. The summed E-state index contributed by atoms with van der Waals surface area (Å²) in [6.45, 7) is 7.45. The van der Waals surface area contributed by atoms with E-state index >= 15 is 0 Å². The molecule has 1 aliphatic rings. The lowest BCUT2D eigenvalue weighted by Crippen LogP contribution is -2.31. The van der Waals surface area contributed by atoms with Crippen molar-refractivity contribution in [1.29, 1.82) is 0 Å². The van der Waals surface area contributed by atoms with Crippen LogP contribution in [0.4, 0.5) is 0 Å². The standard InChI is InChI=1S/C14H20ClNO/c1-10-7-12(13(17)8-15)11(2)16(10)9-14(3)5-4-6-14/h7H,4-6,8-9H2,1-3H3. The van der Waals surface area contributed by atoms with Crippen LogP contribution in [0.3, 0.4) is 0 Å². The lowest BCUT2D eigenvalue weighted by atomic mass is 9.70. The van der Waals surface area contributed by atoms with E-state index in [4.69, 9.17) is 11.6 Å². The minimum absolute atomic E-state index is 0.0322. The molecule has 0 radical (unpaired) electrons. The largest absolute Gasteiger partial charge is 0.348 e. The van der Waals surface area contributed by atoms with E-state index in [9.17, 15) is 4.79 Å². The summed E-state index contributed by atoms with van der Waals surface area (Å²) in [7, 11) is 0. The predicted molar refractivity (Wildman–Crippen MR) is 70.9 cm³/mol. The number of rotatable bonds is 4. The Kier molecular flexibility index (Phi) is 3.35. The van der Waals surface area contributed by atoms with Crippen LogP contribution in [0.2, 0.25) is 0 Å². The molecule has 1 aliphatic carbocycles. The van der Waals surface area contributed by atoms with Crippen molar-refractivity contribution >= 4 is 17.4 Å². The van der Waals surface area contributed by atoms with Gasteiger partial charge in [0.1, 0.15) is 0 Å². The van der Waals surface area contributed by atoms with Crippen LogP contribution in [0.5, 0.6) is 0 Å². The van der Waals surface area contributed by atoms with Crippen LogP contribution in [0.25, 0.3) is 0 Å². The molecule has 0 unspecified atom stereocenters. The molecule has 0 spiro atoms. The topological polar surface area (TPSA) is 22.0 Å². The predicted octanol–water partition coefficient (Wildman–Crippen LogP) is 3.72. The zero-order valence-corrected chi connectivity index (χ0v) is 11.6. The molecule has 0 bridgehead atoms. The van der Waals surface area contributed by atoms with Gasteiger partial charge in [0.15, 0.2) is 5.78 Å². The molecule has 94 valence electrons. The van der Waals surface area contributed by atoms with Gasteiger partial charge in [-0.25, -0.2) is 0 Å². The van der Waals surface area contributed by atoms with Gasteiger partial charge in [0.25, 0.3) is 0 Å².